The summed E-state index contributed by atoms with van der Waals surface area (Å²) in [5.41, 5.74) is 14.4. The molecule has 4 nitrogen and oxygen atoms in total. The summed E-state index contributed by atoms with van der Waals surface area (Å²) >= 11 is 0. The fourth-order valence-electron chi connectivity index (χ4n) is 3.99. The molecule has 0 atom stereocenters. The first-order valence-corrected chi connectivity index (χ1v) is 9.99. The fourth-order valence-corrected chi connectivity index (χ4v) is 3.99. The number of nitrogen functional groups attached to an aromatic ring is 1. The molecule has 0 bridgehead atoms. The summed E-state index contributed by atoms with van der Waals surface area (Å²) in [5, 5.41) is 2.70. The van der Waals surface area contributed by atoms with E-state index in [-0.39, 0.29) is 19.1 Å². The summed E-state index contributed by atoms with van der Waals surface area (Å²) in [6, 6.07) is 20.5. The zero-order valence-electron chi connectivity index (χ0n) is 17.2. The molecule has 0 spiro atoms. The molecule has 0 saturated heterocycles. The number of benzene rings is 3. The Morgan fingerprint density at radius 3 is 2.33 bits per heavy atom. The third-order valence-corrected chi connectivity index (χ3v) is 5.42. The van der Waals surface area contributed by atoms with Gasteiger partial charge in [0.15, 0.2) is 0 Å². The van der Waals surface area contributed by atoms with Crippen LogP contribution < -0.4 is 11.1 Å². The number of carbonyl (C=O) groups is 1. The van der Waals surface area contributed by atoms with Crippen LogP contribution in [0.3, 0.4) is 0 Å². The number of alkyl carbamates (subject to hydrolysis) is 1. The predicted octanol–water partition coefficient (Wildman–Crippen LogP) is 4.78. The van der Waals surface area contributed by atoms with Crippen molar-refractivity contribution in [2.75, 3.05) is 18.9 Å². The average molecular weight is 396 g/mol. The lowest BCUT2D eigenvalue weighted by Crippen LogP contribution is -2.26. The lowest BCUT2D eigenvalue weighted by Gasteiger charge is -2.14. The van der Waals surface area contributed by atoms with Crippen molar-refractivity contribution < 1.29 is 9.53 Å². The Morgan fingerprint density at radius 2 is 1.67 bits per heavy atom. The molecule has 0 saturated carbocycles. The standard InChI is InChI=1S/C26H24N2O2/c1-17-14-18(2)25(27)19(15-17)8-7-13-28-26(29)30-16-24-22-11-5-3-9-20(22)21-10-4-6-12-23(21)24/h3-6,9-12,14-15,24H,13,16,27H2,1-2H3,(H,28,29). The van der Waals surface area contributed by atoms with Gasteiger partial charge in [-0.05, 0) is 53.3 Å². The quantitative estimate of drug-likeness (QED) is 0.495. The molecule has 0 aliphatic heterocycles. The van der Waals surface area contributed by atoms with Gasteiger partial charge in [0, 0.05) is 11.5 Å². The Bertz CT molecular complexity index is 1130. The Balaban J connectivity index is 1.37. The van der Waals surface area contributed by atoms with E-state index >= 15 is 0 Å². The van der Waals surface area contributed by atoms with Crippen LogP contribution in [-0.2, 0) is 4.74 Å². The first-order valence-electron chi connectivity index (χ1n) is 9.99. The molecule has 3 N–H and O–H groups in total. The first-order chi connectivity index (χ1) is 14.5. The van der Waals surface area contributed by atoms with Crippen molar-refractivity contribution in [2.24, 2.45) is 0 Å². The van der Waals surface area contributed by atoms with Crippen LogP contribution in [0.15, 0.2) is 60.7 Å². The molecule has 0 aromatic heterocycles. The van der Waals surface area contributed by atoms with Crippen molar-refractivity contribution in [2.45, 2.75) is 19.8 Å². The summed E-state index contributed by atoms with van der Waals surface area (Å²) in [5.74, 6) is 6.02. The van der Waals surface area contributed by atoms with Crippen LogP contribution >= 0.6 is 0 Å². The molecule has 150 valence electrons. The maximum Gasteiger partial charge on any atom is 0.407 e. The highest BCUT2D eigenvalue weighted by Crippen LogP contribution is 2.44. The maximum absolute atomic E-state index is 12.2. The number of ether oxygens (including phenoxy) is 1. The summed E-state index contributed by atoms with van der Waals surface area (Å²) < 4.78 is 5.51. The molecule has 0 fully saturated rings. The largest absolute Gasteiger partial charge is 0.449 e. The van der Waals surface area contributed by atoms with Gasteiger partial charge in [-0.1, -0.05) is 66.4 Å². The smallest absolute Gasteiger partial charge is 0.407 e. The summed E-state index contributed by atoms with van der Waals surface area (Å²) in [7, 11) is 0. The van der Waals surface area contributed by atoms with Gasteiger partial charge in [0.2, 0.25) is 0 Å². The normalized spacial score (nSPS) is 11.8. The lowest BCUT2D eigenvalue weighted by atomic mass is 9.98. The minimum absolute atomic E-state index is 0.0456. The number of aryl methyl sites for hydroxylation is 2. The zero-order chi connectivity index (χ0) is 21.1. The van der Waals surface area contributed by atoms with E-state index in [4.69, 9.17) is 10.5 Å². The molecule has 1 aliphatic rings. The Kier molecular flexibility index (Phi) is 5.45. The monoisotopic (exact) mass is 396 g/mol. The molecular weight excluding hydrogens is 372 g/mol. The number of nitrogens with one attached hydrogen (secondary N) is 1. The maximum atomic E-state index is 12.2. The van der Waals surface area contributed by atoms with E-state index in [1.54, 1.807) is 0 Å². The van der Waals surface area contributed by atoms with Crippen LogP contribution in [0.1, 0.15) is 33.7 Å². The predicted molar refractivity (Wildman–Crippen MR) is 120 cm³/mol. The van der Waals surface area contributed by atoms with E-state index < -0.39 is 6.09 Å². The molecule has 0 unspecified atom stereocenters. The fraction of sp³-hybridized carbons (Fsp3) is 0.192. The third-order valence-electron chi connectivity index (χ3n) is 5.42. The van der Waals surface area contributed by atoms with Crippen molar-refractivity contribution in [3.8, 4) is 23.0 Å². The van der Waals surface area contributed by atoms with Gasteiger partial charge in [0.1, 0.15) is 6.61 Å². The molecule has 4 rings (SSSR count). The summed E-state index contributed by atoms with van der Waals surface area (Å²) in [6.45, 7) is 4.45. The van der Waals surface area contributed by atoms with Crippen molar-refractivity contribution >= 4 is 11.8 Å². The SMILES string of the molecule is Cc1cc(C)c(N)c(C#CCNC(=O)OCC2c3ccccc3-c3ccccc32)c1. The highest BCUT2D eigenvalue weighted by molar-refractivity contribution is 5.79. The number of hydrogen-bond acceptors (Lipinski definition) is 3. The number of nitrogens with two attached hydrogens (primary N) is 1. The number of hydrogen-bond donors (Lipinski definition) is 2. The number of anilines is 1. The highest BCUT2D eigenvalue weighted by Gasteiger charge is 2.28. The van der Waals surface area contributed by atoms with Gasteiger partial charge >= 0.3 is 6.09 Å². The second kappa shape index (κ2) is 8.34. The Labute approximate surface area is 177 Å². The topological polar surface area (TPSA) is 64.3 Å². The second-order valence-corrected chi connectivity index (χ2v) is 7.52. The van der Waals surface area contributed by atoms with Crippen molar-refractivity contribution in [1.29, 1.82) is 0 Å². The van der Waals surface area contributed by atoms with Crippen LogP contribution in [-0.4, -0.2) is 19.2 Å². The minimum Gasteiger partial charge on any atom is -0.449 e. The van der Waals surface area contributed by atoms with Crippen LogP contribution in [0, 0.1) is 25.7 Å². The first kappa shape index (κ1) is 19.6. The van der Waals surface area contributed by atoms with Crippen LogP contribution in [0.4, 0.5) is 10.5 Å². The molecule has 4 heteroatoms. The van der Waals surface area contributed by atoms with Gasteiger partial charge < -0.3 is 15.8 Å². The molecule has 30 heavy (non-hydrogen) atoms. The van der Waals surface area contributed by atoms with Gasteiger partial charge in [0.05, 0.1) is 12.2 Å². The average Bonchev–Trinajstić information content (AvgIpc) is 3.07. The number of amides is 1. The van der Waals surface area contributed by atoms with E-state index in [1.807, 2.05) is 50.2 Å². The Morgan fingerprint density at radius 1 is 1.03 bits per heavy atom. The van der Waals surface area contributed by atoms with Crippen molar-refractivity contribution in [3.63, 3.8) is 0 Å². The summed E-state index contributed by atoms with van der Waals surface area (Å²) in [6.07, 6.45) is -0.473. The lowest BCUT2D eigenvalue weighted by molar-refractivity contribution is 0.144. The molecule has 1 aliphatic carbocycles. The molecule has 3 aromatic rings. The number of fused-ring (bicyclic) bond motifs is 3. The number of rotatable bonds is 3. The van der Waals surface area contributed by atoms with Gasteiger partial charge in [-0.2, -0.15) is 0 Å². The highest BCUT2D eigenvalue weighted by atomic mass is 16.5. The second-order valence-electron chi connectivity index (χ2n) is 7.52. The zero-order valence-corrected chi connectivity index (χ0v) is 17.2. The molecule has 1 amide bonds. The van der Waals surface area contributed by atoms with Gasteiger partial charge in [-0.3, -0.25) is 0 Å². The van der Waals surface area contributed by atoms with Crippen molar-refractivity contribution in [3.05, 3.63) is 88.5 Å². The molecule has 0 radical (unpaired) electrons. The van der Waals surface area contributed by atoms with Gasteiger partial charge in [0.25, 0.3) is 0 Å². The minimum atomic E-state index is -0.473. The third kappa shape index (κ3) is 3.88. The summed E-state index contributed by atoms with van der Waals surface area (Å²) in [4.78, 5) is 12.2. The van der Waals surface area contributed by atoms with E-state index in [2.05, 4.69) is 41.4 Å². The van der Waals surface area contributed by atoms with Gasteiger partial charge in [-0.15, -0.1) is 0 Å². The van der Waals surface area contributed by atoms with Crippen LogP contribution in [0.25, 0.3) is 11.1 Å². The van der Waals surface area contributed by atoms with Crippen LogP contribution in [0.5, 0.6) is 0 Å². The van der Waals surface area contributed by atoms with Crippen LogP contribution in [0.2, 0.25) is 0 Å². The van der Waals surface area contributed by atoms with Gasteiger partial charge in [-0.25, -0.2) is 4.79 Å². The van der Waals surface area contributed by atoms with E-state index in [0.29, 0.717) is 5.69 Å². The molecule has 3 aromatic carbocycles. The van der Waals surface area contributed by atoms with E-state index in [0.717, 1.165) is 16.7 Å². The molecule has 0 heterocycles. The molecular formula is C26H24N2O2. The van der Waals surface area contributed by atoms with E-state index in [9.17, 15) is 4.79 Å². The Hall–Kier alpha value is -3.71. The van der Waals surface area contributed by atoms with Crippen molar-refractivity contribution in [1.82, 2.24) is 5.32 Å². The number of carbonyl (C=O) groups excluding carboxylic acids is 1. The van der Waals surface area contributed by atoms with E-state index in [1.165, 1.54) is 22.3 Å².